The number of para-hydroxylation sites is 1. The molecular weight excluding hydrogens is 486 g/mol. The van der Waals surface area contributed by atoms with Crippen LogP contribution in [0, 0.1) is 0 Å². The molecule has 1 aliphatic heterocycles. The standard InChI is InChI=1S/C25H18BrN3O4/c26-10-5-6-13-12(9-10)17-19-20(25(33)28-24(19)32)18-11-3-1-2-4-14(11)29(22(18)21(17)27-13)15-7-8-16(30)23(15)31/h1-6,9,15-16,23,27,30-31H,7-8H2,(H,28,32,33). The lowest BCUT2D eigenvalue weighted by Gasteiger charge is -2.21. The van der Waals surface area contributed by atoms with Crippen molar-refractivity contribution in [3.05, 3.63) is 58.1 Å². The van der Waals surface area contributed by atoms with E-state index >= 15 is 0 Å². The molecule has 0 radical (unpaired) electrons. The molecule has 7 nitrogen and oxygen atoms in total. The summed E-state index contributed by atoms with van der Waals surface area (Å²) in [6, 6.07) is 13.2. The van der Waals surface area contributed by atoms with Gasteiger partial charge in [-0.05, 0) is 37.1 Å². The molecule has 3 atom stereocenters. The van der Waals surface area contributed by atoms with Crippen LogP contribution in [0.15, 0.2) is 46.9 Å². The number of aliphatic hydroxyl groups excluding tert-OH is 2. The number of aliphatic hydroxyl groups is 2. The van der Waals surface area contributed by atoms with Crippen LogP contribution in [0.3, 0.4) is 0 Å². The summed E-state index contributed by atoms with van der Waals surface area (Å²) in [7, 11) is 0. The maximum Gasteiger partial charge on any atom is 0.259 e. The number of carbonyl (C=O) groups excluding carboxylic acids is 2. The number of aromatic amines is 1. The molecule has 3 aromatic carbocycles. The van der Waals surface area contributed by atoms with Gasteiger partial charge in [-0.3, -0.25) is 14.9 Å². The van der Waals surface area contributed by atoms with Gasteiger partial charge in [-0.15, -0.1) is 0 Å². The van der Waals surface area contributed by atoms with Gasteiger partial charge in [0.1, 0.15) is 6.10 Å². The lowest BCUT2D eigenvalue weighted by atomic mass is 9.96. The van der Waals surface area contributed by atoms with Crippen molar-refractivity contribution in [3.8, 4) is 0 Å². The van der Waals surface area contributed by atoms with Gasteiger partial charge in [0.2, 0.25) is 0 Å². The van der Waals surface area contributed by atoms with E-state index in [1.54, 1.807) is 0 Å². The zero-order valence-corrected chi connectivity index (χ0v) is 18.8. The molecule has 2 amide bonds. The average Bonchev–Trinajstić information content (AvgIpc) is 3.50. The van der Waals surface area contributed by atoms with Crippen LogP contribution in [0.4, 0.5) is 0 Å². The first-order valence-corrected chi connectivity index (χ1v) is 11.7. The predicted octanol–water partition coefficient (Wildman–Crippen LogP) is 4.13. The Labute approximate surface area is 195 Å². The van der Waals surface area contributed by atoms with E-state index in [4.69, 9.17) is 0 Å². The molecule has 3 heterocycles. The van der Waals surface area contributed by atoms with E-state index in [9.17, 15) is 19.8 Å². The number of amides is 2. The minimum Gasteiger partial charge on any atom is -0.390 e. The van der Waals surface area contributed by atoms with Crippen LogP contribution >= 0.6 is 15.9 Å². The lowest BCUT2D eigenvalue weighted by molar-refractivity contribution is 0.0251. The van der Waals surface area contributed by atoms with Gasteiger partial charge < -0.3 is 19.8 Å². The predicted molar refractivity (Wildman–Crippen MR) is 129 cm³/mol. The second-order valence-corrected chi connectivity index (χ2v) is 9.83. The van der Waals surface area contributed by atoms with Crippen LogP contribution in [-0.2, 0) is 0 Å². The van der Waals surface area contributed by atoms with Crippen LogP contribution in [0.2, 0.25) is 0 Å². The number of carbonyl (C=O) groups is 2. The molecule has 4 N–H and O–H groups in total. The van der Waals surface area contributed by atoms with E-state index < -0.39 is 24.0 Å². The van der Waals surface area contributed by atoms with E-state index in [1.165, 1.54) is 0 Å². The Balaban J connectivity index is 1.79. The van der Waals surface area contributed by atoms with Crippen molar-refractivity contribution >= 4 is 71.4 Å². The number of aromatic nitrogens is 2. The second kappa shape index (κ2) is 6.44. The van der Waals surface area contributed by atoms with E-state index in [2.05, 4.69) is 30.8 Å². The smallest absolute Gasteiger partial charge is 0.259 e. The quantitative estimate of drug-likeness (QED) is 0.258. The second-order valence-electron chi connectivity index (χ2n) is 8.91. The van der Waals surface area contributed by atoms with Gasteiger partial charge in [0, 0.05) is 37.1 Å². The first-order chi connectivity index (χ1) is 16.0. The topological polar surface area (TPSA) is 107 Å². The number of nitrogens with zero attached hydrogens (tertiary/aromatic N) is 1. The highest BCUT2D eigenvalue weighted by Gasteiger charge is 2.40. The maximum absolute atomic E-state index is 13.1. The summed E-state index contributed by atoms with van der Waals surface area (Å²) in [5.74, 6) is -0.822. The highest BCUT2D eigenvalue weighted by Crippen LogP contribution is 2.46. The van der Waals surface area contributed by atoms with Gasteiger partial charge in [0.05, 0.1) is 34.3 Å². The summed E-state index contributed by atoms with van der Waals surface area (Å²) in [4.78, 5) is 29.6. The molecule has 0 spiro atoms. The molecule has 1 saturated carbocycles. The molecule has 8 heteroatoms. The number of benzene rings is 3. The number of H-pyrrole nitrogens is 1. The molecule has 2 aliphatic rings. The molecule has 7 rings (SSSR count). The highest BCUT2D eigenvalue weighted by atomic mass is 79.9. The third kappa shape index (κ3) is 2.35. The van der Waals surface area contributed by atoms with Gasteiger partial charge in [-0.2, -0.15) is 0 Å². The third-order valence-electron chi connectivity index (χ3n) is 7.22. The monoisotopic (exact) mass is 503 g/mol. The van der Waals surface area contributed by atoms with Crippen molar-refractivity contribution in [1.82, 2.24) is 14.9 Å². The number of fused-ring (bicyclic) bond motifs is 10. The van der Waals surface area contributed by atoms with Gasteiger partial charge in [0.15, 0.2) is 0 Å². The van der Waals surface area contributed by atoms with Crippen molar-refractivity contribution in [2.24, 2.45) is 0 Å². The summed E-state index contributed by atoms with van der Waals surface area (Å²) in [6.07, 6.45) is -0.640. The first-order valence-electron chi connectivity index (χ1n) is 10.9. The Kier molecular flexibility index (Phi) is 3.76. The van der Waals surface area contributed by atoms with Crippen LogP contribution in [0.25, 0.3) is 43.6 Å². The van der Waals surface area contributed by atoms with E-state index in [0.717, 1.165) is 37.3 Å². The maximum atomic E-state index is 13.1. The summed E-state index contributed by atoms with van der Waals surface area (Å²) in [5.41, 5.74) is 3.95. The van der Waals surface area contributed by atoms with Crippen LogP contribution in [0.1, 0.15) is 39.6 Å². The zero-order chi connectivity index (χ0) is 22.6. The number of rotatable bonds is 1. The first kappa shape index (κ1) is 19.3. The number of nitrogens with one attached hydrogen (secondary N) is 2. The molecule has 0 bridgehead atoms. The SMILES string of the molecule is O=C1NC(=O)c2c1c1c3cc(Br)ccc3[nH]c1c1c2c2ccccc2n1C1CCC(O)C1O. The summed E-state index contributed by atoms with van der Waals surface area (Å²) in [6.45, 7) is 0. The third-order valence-corrected chi connectivity index (χ3v) is 7.71. The Morgan fingerprint density at radius 3 is 2.45 bits per heavy atom. The van der Waals surface area contributed by atoms with E-state index in [-0.39, 0.29) is 6.04 Å². The molecule has 0 saturated heterocycles. The fraction of sp³-hybridized carbons (Fsp3) is 0.200. The summed E-state index contributed by atoms with van der Waals surface area (Å²) >= 11 is 3.52. The highest BCUT2D eigenvalue weighted by molar-refractivity contribution is 9.10. The Hall–Kier alpha value is -3.20. The van der Waals surface area contributed by atoms with Crippen molar-refractivity contribution < 1.29 is 19.8 Å². The van der Waals surface area contributed by atoms with Crippen molar-refractivity contribution in [3.63, 3.8) is 0 Å². The number of hydrogen-bond donors (Lipinski definition) is 4. The summed E-state index contributed by atoms with van der Waals surface area (Å²) < 4.78 is 2.92. The minimum absolute atomic E-state index is 0.359. The Bertz CT molecular complexity index is 1700. The molecule has 1 fully saturated rings. The molecule has 33 heavy (non-hydrogen) atoms. The van der Waals surface area contributed by atoms with Gasteiger partial charge in [0.25, 0.3) is 11.8 Å². The number of imide groups is 1. The van der Waals surface area contributed by atoms with Crippen molar-refractivity contribution in [2.75, 3.05) is 0 Å². The fourth-order valence-electron chi connectivity index (χ4n) is 5.86. The molecular formula is C25H18BrN3O4. The lowest BCUT2D eigenvalue weighted by Crippen LogP contribution is -2.27. The number of halogens is 1. The normalized spacial score (nSPS) is 22.8. The fourth-order valence-corrected chi connectivity index (χ4v) is 6.22. The Morgan fingerprint density at radius 1 is 0.939 bits per heavy atom. The van der Waals surface area contributed by atoms with Crippen LogP contribution in [-0.4, -0.2) is 43.8 Å². The van der Waals surface area contributed by atoms with Gasteiger partial charge in [-0.1, -0.05) is 34.1 Å². The zero-order valence-electron chi connectivity index (χ0n) is 17.2. The van der Waals surface area contributed by atoms with Gasteiger partial charge >= 0.3 is 0 Å². The van der Waals surface area contributed by atoms with Gasteiger partial charge in [-0.25, -0.2) is 0 Å². The van der Waals surface area contributed by atoms with E-state index in [1.807, 2.05) is 42.5 Å². The molecule has 2 aromatic heterocycles. The average molecular weight is 504 g/mol. The minimum atomic E-state index is -0.929. The molecule has 3 unspecified atom stereocenters. The largest absolute Gasteiger partial charge is 0.390 e. The van der Waals surface area contributed by atoms with Crippen LogP contribution in [0.5, 0.6) is 0 Å². The van der Waals surface area contributed by atoms with Crippen molar-refractivity contribution in [2.45, 2.75) is 31.1 Å². The van der Waals surface area contributed by atoms with Crippen LogP contribution < -0.4 is 5.32 Å². The summed E-state index contributed by atoms with van der Waals surface area (Å²) in [5, 5.41) is 26.7. The molecule has 1 aliphatic carbocycles. The van der Waals surface area contributed by atoms with Crippen molar-refractivity contribution in [1.29, 1.82) is 0 Å². The number of hydrogen-bond acceptors (Lipinski definition) is 4. The Morgan fingerprint density at radius 2 is 1.70 bits per heavy atom. The van der Waals surface area contributed by atoms with E-state index in [0.29, 0.717) is 34.7 Å². The molecule has 164 valence electrons. The molecule has 5 aromatic rings.